The van der Waals surface area contributed by atoms with Crippen molar-refractivity contribution in [2.24, 2.45) is 0 Å². The predicted molar refractivity (Wildman–Crippen MR) is 18.6 cm³/mol. The Balaban J connectivity index is -0.0000000800. The predicted octanol–water partition coefficient (Wildman–Crippen LogP) is -0.0758. The quantitative estimate of drug-likeness (QED) is 0.615. The summed E-state index contributed by atoms with van der Waals surface area (Å²) < 4.78 is 25.9. The zero-order valence-corrected chi connectivity index (χ0v) is 8.07. The fourth-order valence-electron chi connectivity index (χ4n) is 0. The monoisotopic (exact) mass is 254 g/mol. The summed E-state index contributed by atoms with van der Waals surface area (Å²) in [7, 11) is -3.67. The topological polar surface area (TPSA) is 54.4 Å². The molecule has 0 rings (SSSR count). The molecule has 42 valence electrons. The Morgan fingerprint density at radius 3 is 1.43 bits per heavy atom. The van der Waals surface area contributed by atoms with E-state index in [1.165, 1.54) is 0 Å². The molecule has 0 bridgehead atoms. The van der Waals surface area contributed by atoms with Crippen LogP contribution in [0.1, 0.15) is 0 Å². The molecule has 1 N–H and O–H groups in total. The van der Waals surface area contributed by atoms with Gasteiger partial charge in [0, 0.05) is 40.3 Å². The Labute approximate surface area is 69.2 Å². The van der Waals surface area contributed by atoms with Crippen molar-refractivity contribution in [1.29, 1.82) is 0 Å². The summed E-state index contributed by atoms with van der Waals surface area (Å²) in [5, 5.41) is 0. The Bertz CT molecular complexity index is 98.1. The maximum absolute atomic E-state index is 9.19. The molecule has 0 heterocycles. The van der Waals surface area contributed by atoms with Gasteiger partial charge in [-0.2, -0.15) is 8.42 Å². The molecule has 0 saturated heterocycles. The molecule has 0 spiro atoms. The van der Waals surface area contributed by atoms with Crippen LogP contribution in [0.25, 0.3) is 0 Å². The van der Waals surface area contributed by atoms with Gasteiger partial charge in [-0.15, -0.1) is 0 Å². The Kier molecular flexibility index (Phi) is 11.6. The molecule has 3 nitrogen and oxygen atoms in total. The van der Waals surface area contributed by atoms with Crippen LogP contribution < -0.4 is 0 Å². The first-order chi connectivity index (χ1) is 2.00. The van der Waals surface area contributed by atoms with Crippen LogP contribution in [0, 0.1) is 35.6 Å². The van der Waals surface area contributed by atoms with Gasteiger partial charge in [-0.25, -0.2) is 0 Å². The Morgan fingerprint density at radius 1 is 1.43 bits per heavy atom. The molecule has 2 radical (unpaired) electrons. The molecule has 0 aromatic heterocycles. The van der Waals surface area contributed by atoms with Gasteiger partial charge in [-0.05, 0) is 0 Å². The second kappa shape index (κ2) is 5.18. The fourth-order valence-corrected chi connectivity index (χ4v) is 0. The van der Waals surface area contributed by atoms with Crippen LogP contribution in [0.3, 0.4) is 0 Å². The smallest absolute Gasteiger partial charge is 0.261 e. The molecule has 0 aliphatic rings. The van der Waals surface area contributed by atoms with E-state index in [1.54, 1.807) is 0 Å². The Morgan fingerprint density at radius 2 is 1.43 bits per heavy atom. The maximum atomic E-state index is 9.19. The van der Waals surface area contributed by atoms with E-state index in [0.29, 0.717) is 6.26 Å². The van der Waals surface area contributed by atoms with Crippen LogP contribution in [0.2, 0.25) is 0 Å². The molecular formula is CH4FLaO3S. The normalized spacial score (nSPS) is 8.29. The molecular weight excluding hydrogens is 250 g/mol. The molecule has 0 saturated carbocycles. The van der Waals surface area contributed by atoms with Gasteiger partial charge >= 0.3 is 0 Å². The molecule has 6 heteroatoms. The van der Waals surface area contributed by atoms with E-state index >= 15 is 0 Å². The van der Waals surface area contributed by atoms with Crippen molar-refractivity contribution in [3.8, 4) is 0 Å². The minimum absolute atomic E-state index is 0. The first-order valence-electron chi connectivity index (χ1n) is 0.924. The van der Waals surface area contributed by atoms with Crippen molar-refractivity contribution < 1.29 is 53.3 Å². The summed E-state index contributed by atoms with van der Waals surface area (Å²) in [5.41, 5.74) is 0. The van der Waals surface area contributed by atoms with Crippen molar-refractivity contribution in [3.05, 3.63) is 0 Å². The van der Waals surface area contributed by atoms with Gasteiger partial charge in [0.15, 0.2) is 0 Å². The first kappa shape index (κ1) is 15.7. The summed E-state index contributed by atoms with van der Waals surface area (Å²) >= 11 is 0. The van der Waals surface area contributed by atoms with Gasteiger partial charge in [0.25, 0.3) is 10.1 Å². The van der Waals surface area contributed by atoms with Crippen molar-refractivity contribution >= 4 is 10.1 Å². The number of rotatable bonds is 0. The van der Waals surface area contributed by atoms with E-state index in [0.717, 1.165) is 0 Å². The van der Waals surface area contributed by atoms with E-state index in [4.69, 9.17) is 4.55 Å². The molecule has 0 unspecified atom stereocenters. The molecule has 0 amide bonds. The SMILES string of the molecule is CS(=O)(=O)O.[F].[La]. The van der Waals surface area contributed by atoms with Crippen LogP contribution in [-0.2, 0) is 10.1 Å². The first-order valence-corrected chi connectivity index (χ1v) is 2.77. The minimum atomic E-state index is -3.67. The van der Waals surface area contributed by atoms with E-state index in [-0.39, 0.29) is 40.3 Å². The van der Waals surface area contributed by atoms with E-state index in [1.807, 2.05) is 0 Å². The third-order valence-electron chi connectivity index (χ3n) is 0. The molecule has 0 atom stereocenters. The third-order valence-corrected chi connectivity index (χ3v) is 0. The van der Waals surface area contributed by atoms with Gasteiger partial charge in [-0.3, -0.25) is 4.55 Å². The second-order valence-corrected chi connectivity index (χ2v) is 2.20. The maximum Gasteiger partial charge on any atom is 0.261 e. The van der Waals surface area contributed by atoms with E-state index in [9.17, 15) is 8.42 Å². The van der Waals surface area contributed by atoms with E-state index < -0.39 is 10.1 Å². The zero-order valence-electron chi connectivity index (χ0n) is 3.63. The number of hydrogen-bond acceptors (Lipinski definition) is 2. The molecule has 0 aromatic rings. The average Bonchev–Trinajstić information content (AvgIpc) is 0.722. The molecule has 0 aliphatic heterocycles. The van der Waals surface area contributed by atoms with Crippen LogP contribution in [0.15, 0.2) is 0 Å². The zero-order chi connectivity index (χ0) is 4.50. The summed E-state index contributed by atoms with van der Waals surface area (Å²) in [6.45, 7) is 0. The van der Waals surface area contributed by atoms with Gasteiger partial charge in [0.05, 0.1) is 6.26 Å². The van der Waals surface area contributed by atoms with Crippen molar-refractivity contribution in [1.82, 2.24) is 0 Å². The summed E-state index contributed by atoms with van der Waals surface area (Å²) in [6.07, 6.45) is 0.715. The molecule has 7 heavy (non-hydrogen) atoms. The molecule has 0 fully saturated rings. The van der Waals surface area contributed by atoms with Crippen LogP contribution in [0.5, 0.6) is 0 Å². The summed E-state index contributed by atoms with van der Waals surface area (Å²) in [5.74, 6) is 0. The number of hydrogen-bond donors (Lipinski definition) is 1. The van der Waals surface area contributed by atoms with E-state index in [2.05, 4.69) is 0 Å². The third kappa shape index (κ3) is 167. The summed E-state index contributed by atoms with van der Waals surface area (Å²) in [4.78, 5) is 0. The summed E-state index contributed by atoms with van der Waals surface area (Å²) in [6, 6.07) is 0. The standard InChI is InChI=1S/CH4O3S.F.La/c1-5(2,3)4;;/h1H3,(H,2,3,4);;. The fraction of sp³-hybridized carbons (Fsp3) is 1.00. The van der Waals surface area contributed by atoms with Crippen LogP contribution >= 0.6 is 0 Å². The van der Waals surface area contributed by atoms with Crippen molar-refractivity contribution in [2.75, 3.05) is 6.26 Å². The largest absolute Gasteiger partial charge is 0.286 e. The minimum Gasteiger partial charge on any atom is -0.286 e. The van der Waals surface area contributed by atoms with Gasteiger partial charge in [0.1, 0.15) is 0 Å². The van der Waals surface area contributed by atoms with Crippen LogP contribution in [0.4, 0.5) is 4.70 Å². The van der Waals surface area contributed by atoms with Gasteiger partial charge < -0.3 is 0 Å². The van der Waals surface area contributed by atoms with Crippen molar-refractivity contribution in [2.45, 2.75) is 0 Å². The molecule has 0 aromatic carbocycles. The van der Waals surface area contributed by atoms with Gasteiger partial charge in [0.2, 0.25) is 0 Å². The molecule has 0 aliphatic carbocycles. The number of halogens is 1. The van der Waals surface area contributed by atoms with Crippen LogP contribution in [-0.4, -0.2) is 19.2 Å². The Hall–Kier alpha value is 1.03. The average molecular weight is 254 g/mol. The second-order valence-electron chi connectivity index (χ2n) is 0.733. The van der Waals surface area contributed by atoms with Crippen molar-refractivity contribution in [3.63, 3.8) is 0 Å². The van der Waals surface area contributed by atoms with Gasteiger partial charge in [-0.1, -0.05) is 0 Å².